The first-order chi connectivity index (χ1) is 12.4. The lowest BCUT2D eigenvalue weighted by molar-refractivity contribution is 0.0642. The summed E-state index contributed by atoms with van der Waals surface area (Å²) in [5.74, 6) is -0.943. The number of carbonyl (C=O) groups is 3. The van der Waals surface area contributed by atoms with Crippen LogP contribution in [0.2, 0.25) is 0 Å². The Morgan fingerprint density at radius 2 is 1.70 bits per heavy atom. The van der Waals surface area contributed by atoms with Crippen LogP contribution in [0, 0.1) is 0 Å². The molecule has 7 heteroatoms. The van der Waals surface area contributed by atoms with Gasteiger partial charge in [-0.15, -0.1) is 12.4 Å². The Kier molecular flexibility index (Phi) is 6.36. The van der Waals surface area contributed by atoms with Crippen molar-refractivity contribution < 1.29 is 14.4 Å². The summed E-state index contributed by atoms with van der Waals surface area (Å²) in [4.78, 5) is 40.6. The molecule has 0 radical (unpaired) electrons. The lowest BCUT2D eigenvalue weighted by Crippen LogP contribution is -2.39. The van der Waals surface area contributed by atoms with E-state index in [1.54, 1.807) is 19.2 Å². The molecule has 0 bridgehead atoms. The molecule has 1 unspecified atom stereocenters. The van der Waals surface area contributed by atoms with Crippen LogP contribution in [0.4, 0.5) is 0 Å². The minimum absolute atomic E-state index is 0. The number of imide groups is 1. The van der Waals surface area contributed by atoms with Crippen LogP contribution < -0.4 is 5.73 Å². The Balaban J connectivity index is 0.00000261. The Morgan fingerprint density at radius 1 is 1.07 bits per heavy atom. The van der Waals surface area contributed by atoms with E-state index in [-0.39, 0.29) is 48.3 Å². The fourth-order valence-electron chi connectivity index (χ4n) is 2.90. The number of likely N-dealkylation sites (N-methyl/N-ethyl adjacent to an activating group) is 1. The van der Waals surface area contributed by atoms with Crippen molar-refractivity contribution in [1.29, 1.82) is 0 Å². The van der Waals surface area contributed by atoms with Crippen molar-refractivity contribution >= 4 is 30.1 Å². The van der Waals surface area contributed by atoms with Gasteiger partial charge in [0.15, 0.2) is 0 Å². The normalized spacial score (nSPS) is 13.8. The zero-order valence-corrected chi connectivity index (χ0v) is 16.0. The van der Waals surface area contributed by atoms with Crippen molar-refractivity contribution in [2.24, 2.45) is 5.73 Å². The molecule has 0 saturated heterocycles. The van der Waals surface area contributed by atoms with Crippen LogP contribution in [0.3, 0.4) is 0 Å². The topological polar surface area (TPSA) is 83.7 Å². The molecule has 2 aromatic carbocycles. The average molecular weight is 388 g/mol. The van der Waals surface area contributed by atoms with Gasteiger partial charge in [0.25, 0.3) is 17.7 Å². The quantitative estimate of drug-likeness (QED) is 0.798. The molecule has 1 aliphatic heterocycles. The highest BCUT2D eigenvalue weighted by Gasteiger charge is 2.36. The van der Waals surface area contributed by atoms with Crippen LogP contribution in [0.1, 0.15) is 43.6 Å². The molecule has 2 aromatic rings. The van der Waals surface area contributed by atoms with Crippen LogP contribution in [0.15, 0.2) is 48.5 Å². The molecule has 1 atom stereocenters. The van der Waals surface area contributed by atoms with Crippen molar-refractivity contribution in [3.63, 3.8) is 0 Å². The monoisotopic (exact) mass is 387 g/mol. The average Bonchev–Trinajstić information content (AvgIpc) is 2.91. The van der Waals surface area contributed by atoms with Crippen molar-refractivity contribution in [2.45, 2.75) is 19.5 Å². The number of hydrogen-bond donors (Lipinski definition) is 1. The highest BCUT2D eigenvalue weighted by Crippen LogP contribution is 2.26. The summed E-state index contributed by atoms with van der Waals surface area (Å²) < 4.78 is 0. The first-order valence-corrected chi connectivity index (χ1v) is 8.45. The van der Waals surface area contributed by atoms with Gasteiger partial charge >= 0.3 is 0 Å². The van der Waals surface area contributed by atoms with Gasteiger partial charge in [-0.2, -0.15) is 0 Å². The highest BCUT2D eigenvalue weighted by atomic mass is 35.5. The predicted molar refractivity (Wildman–Crippen MR) is 105 cm³/mol. The minimum atomic E-state index is -0.377. The van der Waals surface area contributed by atoms with Gasteiger partial charge in [0, 0.05) is 25.2 Å². The molecular weight excluding hydrogens is 366 g/mol. The minimum Gasteiger partial charge on any atom is -0.338 e. The predicted octanol–water partition coefficient (Wildman–Crippen LogP) is 2.32. The first kappa shape index (κ1) is 20.6. The van der Waals surface area contributed by atoms with Crippen molar-refractivity contribution in [3.8, 4) is 0 Å². The van der Waals surface area contributed by atoms with Gasteiger partial charge < -0.3 is 10.6 Å². The van der Waals surface area contributed by atoms with E-state index in [9.17, 15) is 14.4 Å². The number of fused-ring (bicyclic) bond motifs is 1. The Labute approximate surface area is 164 Å². The summed E-state index contributed by atoms with van der Waals surface area (Å²) in [5.41, 5.74) is 7.45. The van der Waals surface area contributed by atoms with Gasteiger partial charge in [0.05, 0.1) is 17.7 Å². The van der Waals surface area contributed by atoms with Gasteiger partial charge in [-0.05, 0) is 30.7 Å². The second kappa shape index (κ2) is 8.33. The second-order valence-corrected chi connectivity index (χ2v) is 6.44. The van der Waals surface area contributed by atoms with Crippen LogP contribution in [-0.2, 0) is 6.54 Å². The van der Waals surface area contributed by atoms with Crippen molar-refractivity contribution in [2.75, 3.05) is 13.6 Å². The lowest BCUT2D eigenvalue weighted by Gasteiger charge is -2.23. The lowest BCUT2D eigenvalue weighted by atomic mass is 10.0. The SMILES string of the molecule is CC(CN)N(C)C(=O)c1ccc2c(c1)C(=O)N(Cc1ccccc1)C2=O.Cl. The Morgan fingerprint density at radius 3 is 2.33 bits per heavy atom. The number of hydrogen-bond acceptors (Lipinski definition) is 4. The fraction of sp³-hybridized carbons (Fsp3) is 0.250. The van der Waals surface area contributed by atoms with E-state index in [0.717, 1.165) is 5.56 Å². The molecule has 27 heavy (non-hydrogen) atoms. The number of rotatable bonds is 5. The molecule has 1 heterocycles. The van der Waals surface area contributed by atoms with Crippen LogP contribution in [0.25, 0.3) is 0 Å². The summed E-state index contributed by atoms with van der Waals surface area (Å²) in [6.07, 6.45) is 0. The van der Waals surface area contributed by atoms with E-state index >= 15 is 0 Å². The molecule has 3 rings (SSSR count). The van der Waals surface area contributed by atoms with Gasteiger partial charge in [-0.1, -0.05) is 30.3 Å². The van der Waals surface area contributed by atoms with E-state index in [2.05, 4.69) is 0 Å². The van der Waals surface area contributed by atoms with Crippen LogP contribution >= 0.6 is 12.4 Å². The standard InChI is InChI=1S/C20H21N3O3.ClH/c1-13(11-21)22(2)18(24)15-8-9-16-17(10-15)20(26)23(19(16)25)12-14-6-4-3-5-7-14;/h3-10,13H,11-12,21H2,1-2H3;1H. The summed E-state index contributed by atoms with van der Waals surface area (Å²) in [6.45, 7) is 2.40. The van der Waals surface area contributed by atoms with Gasteiger partial charge in [0.1, 0.15) is 0 Å². The van der Waals surface area contributed by atoms with Crippen LogP contribution in [-0.4, -0.2) is 47.2 Å². The molecule has 0 aromatic heterocycles. The molecule has 6 nitrogen and oxygen atoms in total. The molecule has 0 spiro atoms. The summed E-state index contributed by atoms with van der Waals surface area (Å²) in [6, 6.07) is 13.8. The molecule has 0 saturated carbocycles. The molecular formula is C20H22ClN3O3. The maximum Gasteiger partial charge on any atom is 0.261 e. The number of benzene rings is 2. The van der Waals surface area contributed by atoms with Crippen LogP contribution in [0.5, 0.6) is 0 Å². The van der Waals surface area contributed by atoms with E-state index in [1.165, 1.54) is 15.9 Å². The maximum atomic E-state index is 12.7. The zero-order valence-electron chi connectivity index (χ0n) is 15.2. The first-order valence-electron chi connectivity index (χ1n) is 8.45. The highest BCUT2D eigenvalue weighted by molar-refractivity contribution is 6.22. The number of nitrogens with two attached hydrogens (primary N) is 1. The third-order valence-corrected chi connectivity index (χ3v) is 4.72. The number of halogens is 1. The third kappa shape index (κ3) is 3.86. The summed E-state index contributed by atoms with van der Waals surface area (Å²) in [5, 5.41) is 0. The second-order valence-electron chi connectivity index (χ2n) is 6.44. The van der Waals surface area contributed by atoms with Gasteiger partial charge in [-0.3, -0.25) is 19.3 Å². The molecule has 0 fully saturated rings. The molecule has 2 N–H and O–H groups in total. The van der Waals surface area contributed by atoms with Gasteiger partial charge in [0.2, 0.25) is 0 Å². The van der Waals surface area contributed by atoms with E-state index < -0.39 is 0 Å². The largest absolute Gasteiger partial charge is 0.338 e. The maximum absolute atomic E-state index is 12.7. The van der Waals surface area contributed by atoms with E-state index in [0.29, 0.717) is 17.7 Å². The zero-order chi connectivity index (χ0) is 18.8. The molecule has 0 aliphatic carbocycles. The molecule has 142 valence electrons. The smallest absolute Gasteiger partial charge is 0.261 e. The fourth-order valence-corrected chi connectivity index (χ4v) is 2.90. The number of carbonyl (C=O) groups excluding carboxylic acids is 3. The Hall–Kier alpha value is -2.70. The molecule has 1 aliphatic rings. The summed E-state index contributed by atoms with van der Waals surface area (Å²) in [7, 11) is 1.67. The number of amides is 3. The van der Waals surface area contributed by atoms with E-state index in [4.69, 9.17) is 5.73 Å². The van der Waals surface area contributed by atoms with Gasteiger partial charge in [-0.25, -0.2) is 0 Å². The van der Waals surface area contributed by atoms with Crippen molar-refractivity contribution in [1.82, 2.24) is 9.80 Å². The third-order valence-electron chi connectivity index (χ3n) is 4.72. The molecule has 3 amide bonds. The Bertz CT molecular complexity index is 870. The van der Waals surface area contributed by atoms with E-state index in [1.807, 2.05) is 37.3 Å². The van der Waals surface area contributed by atoms with Crippen molar-refractivity contribution in [3.05, 3.63) is 70.8 Å². The number of nitrogens with zero attached hydrogens (tertiary/aromatic N) is 2. The summed E-state index contributed by atoms with van der Waals surface area (Å²) >= 11 is 0.